The van der Waals surface area contributed by atoms with E-state index in [4.69, 9.17) is 5.73 Å². The summed E-state index contributed by atoms with van der Waals surface area (Å²) in [5, 5.41) is 1.89. The van der Waals surface area contributed by atoms with Gasteiger partial charge in [0.2, 0.25) is 0 Å². The highest BCUT2D eigenvalue weighted by atomic mass is 79.9. The molecule has 0 aromatic carbocycles. The normalized spacial score (nSPS) is 12.6. The van der Waals surface area contributed by atoms with Crippen LogP contribution in [0.15, 0.2) is 15.9 Å². The first kappa shape index (κ1) is 11.7. The molecule has 0 bridgehead atoms. The Morgan fingerprint density at radius 3 is 2.86 bits per heavy atom. The highest BCUT2D eigenvalue weighted by Crippen LogP contribution is 2.24. The zero-order valence-electron chi connectivity index (χ0n) is 8.16. The molecule has 0 spiro atoms. The third-order valence-electron chi connectivity index (χ3n) is 2.13. The van der Waals surface area contributed by atoms with Crippen LogP contribution in [0.2, 0.25) is 0 Å². The fourth-order valence-electron chi connectivity index (χ4n) is 0.965. The second kappa shape index (κ2) is 4.91. The lowest BCUT2D eigenvalue weighted by molar-refractivity contribution is 0.0752. The van der Waals surface area contributed by atoms with E-state index in [1.54, 1.807) is 11.9 Å². The lowest BCUT2D eigenvalue weighted by Crippen LogP contribution is -2.39. The summed E-state index contributed by atoms with van der Waals surface area (Å²) >= 11 is 4.77. The zero-order valence-corrected chi connectivity index (χ0v) is 10.6. The third-order valence-corrected chi connectivity index (χ3v) is 3.96. The number of carbonyl (C=O) groups excluding carboxylic acids is 1. The van der Waals surface area contributed by atoms with Gasteiger partial charge in [-0.05, 0) is 34.3 Å². The van der Waals surface area contributed by atoms with Crippen LogP contribution in [0.25, 0.3) is 0 Å². The van der Waals surface area contributed by atoms with Crippen molar-refractivity contribution in [3.05, 3.63) is 20.8 Å². The molecule has 1 atom stereocenters. The van der Waals surface area contributed by atoms with E-state index < -0.39 is 0 Å². The summed E-state index contributed by atoms with van der Waals surface area (Å²) in [5.41, 5.74) is 5.50. The Balaban J connectivity index is 2.81. The van der Waals surface area contributed by atoms with Gasteiger partial charge in [0, 0.05) is 24.1 Å². The van der Waals surface area contributed by atoms with E-state index >= 15 is 0 Å². The molecule has 78 valence electrons. The predicted octanol–water partition coefficient (Wildman–Crippen LogP) is 1.93. The molecule has 1 aromatic rings. The maximum Gasteiger partial charge on any atom is 0.265 e. The SMILES string of the molecule is CC(CN)N(C)C(=O)c1sccc1Br. The van der Waals surface area contributed by atoms with Gasteiger partial charge in [0.1, 0.15) is 4.88 Å². The van der Waals surface area contributed by atoms with Crippen LogP contribution in [0.3, 0.4) is 0 Å². The van der Waals surface area contributed by atoms with Crippen molar-refractivity contribution in [1.82, 2.24) is 4.90 Å². The molecule has 1 unspecified atom stereocenters. The quantitative estimate of drug-likeness (QED) is 0.917. The van der Waals surface area contributed by atoms with Crippen molar-refractivity contribution in [2.45, 2.75) is 13.0 Å². The molecule has 14 heavy (non-hydrogen) atoms. The van der Waals surface area contributed by atoms with Crippen LogP contribution in [-0.2, 0) is 0 Å². The number of thiophene rings is 1. The molecule has 0 saturated carbocycles. The van der Waals surface area contributed by atoms with Gasteiger partial charge in [0.15, 0.2) is 0 Å². The molecule has 5 heteroatoms. The van der Waals surface area contributed by atoms with Crippen molar-refractivity contribution in [3.63, 3.8) is 0 Å². The van der Waals surface area contributed by atoms with Crippen molar-refractivity contribution >= 4 is 33.2 Å². The largest absolute Gasteiger partial charge is 0.337 e. The van der Waals surface area contributed by atoms with Crippen LogP contribution in [0.5, 0.6) is 0 Å². The van der Waals surface area contributed by atoms with Crippen LogP contribution >= 0.6 is 27.3 Å². The van der Waals surface area contributed by atoms with Gasteiger partial charge in [0.05, 0.1) is 0 Å². The van der Waals surface area contributed by atoms with E-state index in [1.165, 1.54) is 11.3 Å². The smallest absolute Gasteiger partial charge is 0.265 e. The van der Waals surface area contributed by atoms with Gasteiger partial charge in [0.25, 0.3) is 5.91 Å². The Hall–Kier alpha value is -0.390. The highest BCUT2D eigenvalue weighted by molar-refractivity contribution is 9.10. The average molecular weight is 277 g/mol. The summed E-state index contributed by atoms with van der Waals surface area (Å²) in [6.45, 7) is 2.41. The van der Waals surface area contributed by atoms with Crippen molar-refractivity contribution in [2.24, 2.45) is 5.73 Å². The predicted molar refractivity (Wildman–Crippen MR) is 62.6 cm³/mol. The van der Waals surface area contributed by atoms with Crippen LogP contribution in [-0.4, -0.2) is 30.4 Å². The summed E-state index contributed by atoms with van der Waals surface area (Å²) in [6, 6.07) is 1.94. The number of nitrogens with zero attached hydrogens (tertiary/aromatic N) is 1. The standard InChI is InChI=1S/C9H13BrN2OS/c1-6(5-11)12(2)9(13)8-7(10)3-4-14-8/h3-4,6H,5,11H2,1-2H3. The number of hydrogen-bond acceptors (Lipinski definition) is 3. The van der Waals surface area contributed by atoms with E-state index in [0.717, 1.165) is 9.35 Å². The molecule has 2 N–H and O–H groups in total. The van der Waals surface area contributed by atoms with Crippen molar-refractivity contribution in [1.29, 1.82) is 0 Å². The number of amides is 1. The third kappa shape index (κ3) is 2.34. The van der Waals surface area contributed by atoms with Crippen LogP contribution < -0.4 is 5.73 Å². The highest BCUT2D eigenvalue weighted by Gasteiger charge is 2.19. The molecule has 1 amide bonds. The summed E-state index contributed by atoms with van der Waals surface area (Å²) < 4.78 is 0.851. The Morgan fingerprint density at radius 2 is 2.43 bits per heavy atom. The molecule has 0 radical (unpaired) electrons. The van der Waals surface area contributed by atoms with Gasteiger partial charge in [-0.2, -0.15) is 0 Å². The fourth-order valence-corrected chi connectivity index (χ4v) is 2.49. The number of rotatable bonds is 3. The van der Waals surface area contributed by atoms with Crippen molar-refractivity contribution in [2.75, 3.05) is 13.6 Å². The molecule has 0 saturated heterocycles. The van der Waals surface area contributed by atoms with Crippen LogP contribution in [0.4, 0.5) is 0 Å². The van der Waals surface area contributed by atoms with Crippen molar-refractivity contribution < 1.29 is 4.79 Å². The van der Waals surface area contributed by atoms with Crippen molar-refractivity contribution in [3.8, 4) is 0 Å². The fraction of sp³-hybridized carbons (Fsp3) is 0.444. The second-order valence-corrected chi connectivity index (χ2v) is 4.87. The first-order valence-electron chi connectivity index (χ1n) is 4.28. The number of hydrogen-bond donors (Lipinski definition) is 1. The second-order valence-electron chi connectivity index (χ2n) is 3.10. The van der Waals surface area contributed by atoms with E-state index in [0.29, 0.717) is 6.54 Å². The number of nitrogens with two attached hydrogens (primary N) is 1. The zero-order chi connectivity index (χ0) is 10.7. The minimum Gasteiger partial charge on any atom is -0.337 e. The molecule has 1 heterocycles. The minimum atomic E-state index is 0.0184. The summed E-state index contributed by atoms with van der Waals surface area (Å²) in [6.07, 6.45) is 0. The first-order valence-corrected chi connectivity index (χ1v) is 5.95. The number of halogens is 1. The van der Waals surface area contributed by atoms with E-state index in [2.05, 4.69) is 15.9 Å². The average Bonchev–Trinajstić information content (AvgIpc) is 2.61. The van der Waals surface area contributed by atoms with Gasteiger partial charge in [-0.3, -0.25) is 4.79 Å². The maximum absolute atomic E-state index is 11.9. The topological polar surface area (TPSA) is 46.3 Å². The molecule has 1 aromatic heterocycles. The molecule has 0 fully saturated rings. The van der Waals surface area contributed by atoms with Crippen LogP contribution in [0.1, 0.15) is 16.6 Å². The van der Waals surface area contributed by atoms with Gasteiger partial charge < -0.3 is 10.6 Å². The Morgan fingerprint density at radius 1 is 1.79 bits per heavy atom. The molecule has 3 nitrogen and oxygen atoms in total. The van der Waals surface area contributed by atoms with Gasteiger partial charge in [-0.15, -0.1) is 11.3 Å². The van der Waals surface area contributed by atoms with Crippen LogP contribution in [0, 0.1) is 0 Å². The maximum atomic E-state index is 11.9. The Bertz CT molecular complexity index is 326. The Kier molecular flexibility index (Phi) is 4.10. The van der Waals surface area contributed by atoms with E-state index in [1.807, 2.05) is 18.4 Å². The monoisotopic (exact) mass is 276 g/mol. The first-order chi connectivity index (χ1) is 6.57. The summed E-state index contributed by atoms with van der Waals surface area (Å²) in [7, 11) is 1.77. The lowest BCUT2D eigenvalue weighted by atomic mass is 10.3. The lowest BCUT2D eigenvalue weighted by Gasteiger charge is -2.23. The Labute approximate surface area is 96.0 Å². The minimum absolute atomic E-state index is 0.0184. The molecule has 0 aliphatic rings. The molecule has 1 rings (SSSR count). The van der Waals surface area contributed by atoms with Gasteiger partial charge >= 0.3 is 0 Å². The van der Waals surface area contributed by atoms with E-state index in [-0.39, 0.29) is 11.9 Å². The summed E-state index contributed by atoms with van der Waals surface area (Å²) in [5.74, 6) is 0.0184. The number of likely N-dealkylation sites (N-methyl/N-ethyl adjacent to an activating group) is 1. The summed E-state index contributed by atoms with van der Waals surface area (Å²) in [4.78, 5) is 14.3. The van der Waals surface area contributed by atoms with Gasteiger partial charge in [-0.25, -0.2) is 0 Å². The molecular formula is C9H13BrN2OS. The molecular weight excluding hydrogens is 264 g/mol. The molecule has 0 aliphatic heterocycles. The van der Waals surface area contributed by atoms with Gasteiger partial charge in [-0.1, -0.05) is 0 Å². The molecule has 0 aliphatic carbocycles. The van der Waals surface area contributed by atoms with E-state index in [9.17, 15) is 4.79 Å². The number of carbonyl (C=O) groups is 1.